The van der Waals surface area contributed by atoms with E-state index < -0.39 is 6.03 Å². The van der Waals surface area contributed by atoms with Crippen LogP contribution in [0.3, 0.4) is 0 Å². The summed E-state index contributed by atoms with van der Waals surface area (Å²) in [5, 5.41) is 5.91. The number of hydrogen-bond acceptors (Lipinski definition) is 3. The van der Waals surface area contributed by atoms with E-state index in [1.165, 1.54) is 9.13 Å². The van der Waals surface area contributed by atoms with Gasteiger partial charge in [0, 0.05) is 14.1 Å². The van der Waals surface area contributed by atoms with E-state index in [2.05, 4.69) is 24.5 Å². The van der Waals surface area contributed by atoms with Crippen molar-refractivity contribution in [1.82, 2.24) is 18.3 Å². The molecule has 2 amide bonds. The van der Waals surface area contributed by atoms with Crippen molar-refractivity contribution in [1.29, 1.82) is 0 Å². The first-order valence-electron chi connectivity index (χ1n) is 13.2. The number of nitrogens with zero attached hydrogens (tertiary/aromatic N) is 4. The molecule has 0 saturated heterocycles. The molecule has 9 nitrogen and oxygen atoms in total. The molecule has 0 spiro atoms. The highest BCUT2D eigenvalue weighted by atomic mass is 16.2. The quantitative estimate of drug-likeness (QED) is 0.311. The SMILES string of the molecule is CCCCc1c(NC(=O)Nc2c(CCCC)n(C)c(=O)n2-c2ccccc2)n(-c2ccccc2)c(=O)n1C. The smallest absolute Gasteiger partial charge is 0.297 e. The topological polar surface area (TPSA) is 95.0 Å². The van der Waals surface area contributed by atoms with E-state index >= 15 is 0 Å². The molecule has 4 aromatic rings. The second-order valence-electron chi connectivity index (χ2n) is 9.40. The van der Waals surface area contributed by atoms with E-state index in [0.717, 1.165) is 37.1 Å². The van der Waals surface area contributed by atoms with Gasteiger partial charge in [-0.1, -0.05) is 63.1 Å². The summed E-state index contributed by atoms with van der Waals surface area (Å²) in [5.74, 6) is 0.851. The summed E-state index contributed by atoms with van der Waals surface area (Å²) < 4.78 is 6.23. The predicted molar refractivity (Wildman–Crippen MR) is 152 cm³/mol. The Morgan fingerprint density at radius 2 is 1.03 bits per heavy atom. The first-order valence-corrected chi connectivity index (χ1v) is 13.2. The number of rotatable bonds is 10. The van der Waals surface area contributed by atoms with Gasteiger partial charge in [0.1, 0.15) is 11.6 Å². The fourth-order valence-corrected chi connectivity index (χ4v) is 4.69. The van der Waals surface area contributed by atoms with Gasteiger partial charge in [0.15, 0.2) is 0 Å². The number of carbonyl (C=O) groups excluding carboxylic acids is 1. The molecule has 4 rings (SSSR count). The lowest BCUT2D eigenvalue weighted by Gasteiger charge is -2.15. The molecule has 0 saturated carbocycles. The molecule has 2 aromatic heterocycles. The second kappa shape index (κ2) is 11.9. The van der Waals surface area contributed by atoms with Crippen molar-refractivity contribution in [3.63, 3.8) is 0 Å². The van der Waals surface area contributed by atoms with Crippen LogP contribution >= 0.6 is 0 Å². The minimum Gasteiger partial charge on any atom is -0.297 e. The highest BCUT2D eigenvalue weighted by Crippen LogP contribution is 2.24. The summed E-state index contributed by atoms with van der Waals surface area (Å²) >= 11 is 0. The summed E-state index contributed by atoms with van der Waals surface area (Å²) in [5.41, 5.74) is 2.35. The van der Waals surface area contributed by atoms with Gasteiger partial charge in [-0.05, 0) is 49.9 Å². The number of aromatic nitrogens is 4. The predicted octanol–water partition coefficient (Wildman–Crippen LogP) is 4.99. The number of benzene rings is 2. The molecule has 0 bridgehead atoms. The Morgan fingerprint density at radius 3 is 1.37 bits per heavy atom. The van der Waals surface area contributed by atoms with Crippen molar-refractivity contribution in [3.8, 4) is 11.4 Å². The molecule has 0 aliphatic heterocycles. The fraction of sp³-hybridized carbons (Fsp3) is 0.345. The lowest BCUT2D eigenvalue weighted by molar-refractivity contribution is 0.262. The lowest BCUT2D eigenvalue weighted by atomic mass is 10.2. The van der Waals surface area contributed by atoms with Gasteiger partial charge >= 0.3 is 17.4 Å². The summed E-state index contributed by atoms with van der Waals surface area (Å²) in [7, 11) is 3.45. The zero-order valence-corrected chi connectivity index (χ0v) is 22.5. The van der Waals surface area contributed by atoms with Gasteiger partial charge in [-0.3, -0.25) is 19.8 Å². The van der Waals surface area contributed by atoms with Crippen LogP contribution in [0, 0.1) is 0 Å². The maximum atomic E-state index is 13.6. The molecular formula is C29H36N6O3. The van der Waals surface area contributed by atoms with E-state index in [1.54, 1.807) is 23.2 Å². The zero-order valence-electron chi connectivity index (χ0n) is 22.5. The molecule has 9 heteroatoms. The van der Waals surface area contributed by atoms with Crippen LogP contribution in [0.25, 0.3) is 11.4 Å². The van der Waals surface area contributed by atoms with Gasteiger partial charge in [-0.2, -0.15) is 0 Å². The molecule has 2 heterocycles. The molecule has 38 heavy (non-hydrogen) atoms. The molecule has 0 unspecified atom stereocenters. The number of nitrogens with one attached hydrogen (secondary N) is 2. The monoisotopic (exact) mass is 516 g/mol. The van der Waals surface area contributed by atoms with Crippen LogP contribution in [0.2, 0.25) is 0 Å². The van der Waals surface area contributed by atoms with E-state index in [0.29, 0.717) is 35.9 Å². The number of urea groups is 1. The number of unbranched alkanes of at least 4 members (excludes halogenated alkanes) is 2. The molecule has 200 valence electrons. The number of carbonyl (C=O) groups is 1. The average Bonchev–Trinajstić information content (AvgIpc) is 3.30. The van der Waals surface area contributed by atoms with Crippen LogP contribution in [-0.2, 0) is 26.9 Å². The maximum Gasteiger partial charge on any atom is 0.334 e. The molecule has 0 radical (unpaired) electrons. The van der Waals surface area contributed by atoms with Crippen molar-refractivity contribution >= 4 is 17.7 Å². The zero-order chi connectivity index (χ0) is 27.2. The summed E-state index contributed by atoms with van der Waals surface area (Å²) in [4.78, 5) is 40.1. The third kappa shape index (κ3) is 5.22. The highest BCUT2D eigenvalue weighted by molar-refractivity contribution is 6.00. The van der Waals surface area contributed by atoms with Gasteiger partial charge in [-0.15, -0.1) is 0 Å². The van der Waals surface area contributed by atoms with E-state index in [-0.39, 0.29) is 11.4 Å². The van der Waals surface area contributed by atoms with Crippen molar-refractivity contribution in [2.75, 3.05) is 10.6 Å². The first kappa shape index (κ1) is 26.8. The highest BCUT2D eigenvalue weighted by Gasteiger charge is 2.24. The Bertz CT molecular complexity index is 1400. The Kier molecular flexibility index (Phi) is 8.35. The van der Waals surface area contributed by atoms with Gasteiger partial charge in [-0.25, -0.2) is 23.5 Å². The molecule has 2 N–H and O–H groups in total. The fourth-order valence-electron chi connectivity index (χ4n) is 4.69. The minimum atomic E-state index is -0.522. The van der Waals surface area contributed by atoms with Crippen molar-refractivity contribution in [3.05, 3.63) is 93.0 Å². The first-order chi connectivity index (χ1) is 18.4. The number of para-hydroxylation sites is 2. The molecule has 0 atom stereocenters. The Labute approximate surface area is 222 Å². The Morgan fingerprint density at radius 1 is 0.658 bits per heavy atom. The second-order valence-corrected chi connectivity index (χ2v) is 9.40. The summed E-state index contributed by atoms with van der Waals surface area (Å²) in [6, 6.07) is 18.0. The van der Waals surface area contributed by atoms with Crippen molar-refractivity contribution < 1.29 is 4.79 Å². The summed E-state index contributed by atoms with van der Waals surface area (Å²) in [6.45, 7) is 4.17. The maximum absolute atomic E-state index is 13.6. The number of imidazole rings is 2. The molecule has 0 fully saturated rings. The van der Waals surface area contributed by atoms with Crippen LogP contribution < -0.4 is 22.0 Å². The van der Waals surface area contributed by atoms with Gasteiger partial charge in [0.05, 0.1) is 22.8 Å². The van der Waals surface area contributed by atoms with E-state index in [1.807, 2.05) is 60.7 Å². The molecule has 0 aliphatic rings. The van der Waals surface area contributed by atoms with Gasteiger partial charge < -0.3 is 0 Å². The van der Waals surface area contributed by atoms with Gasteiger partial charge in [0.25, 0.3) is 0 Å². The van der Waals surface area contributed by atoms with Crippen molar-refractivity contribution in [2.24, 2.45) is 14.1 Å². The third-order valence-electron chi connectivity index (χ3n) is 6.79. The van der Waals surface area contributed by atoms with Crippen LogP contribution in [-0.4, -0.2) is 24.3 Å². The molecular weight excluding hydrogens is 480 g/mol. The van der Waals surface area contributed by atoms with Gasteiger partial charge in [0.2, 0.25) is 0 Å². The molecule has 0 aliphatic carbocycles. The lowest BCUT2D eigenvalue weighted by Crippen LogP contribution is -2.27. The van der Waals surface area contributed by atoms with E-state index in [4.69, 9.17) is 0 Å². The third-order valence-corrected chi connectivity index (χ3v) is 6.79. The molecule has 2 aromatic carbocycles. The number of anilines is 2. The average molecular weight is 517 g/mol. The largest absolute Gasteiger partial charge is 0.334 e. The van der Waals surface area contributed by atoms with Crippen LogP contribution in [0.15, 0.2) is 70.3 Å². The number of amides is 2. The van der Waals surface area contributed by atoms with Crippen LogP contribution in [0.5, 0.6) is 0 Å². The van der Waals surface area contributed by atoms with Crippen molar-refractivity contribution in [2.45, 2.75) is 52.4 Å². The van der Waals surface area contributed by atoms with E-state index in [9.17, 15) is 14.4 Å². The van der Waals surface area contributed by atoms with Crippen LogP contribution in [0.4, 0.5) is 16.4 Å². The number of hydrogen-bond donors (Lipinski definition) is 2. The minimum absolute atomic E-state index is 0.234. The standard InChI is InChI=1S/C29H36N6O3/c1-5-7-19-23-25(34(28(37)32(23)3)21-15-11-9-12-16-21)30-27(36)31-26-24(20-8-6-2)33(4)29(38)35(26)22-17-13-10-14-18-22/h9-18H,5-8,19-20H2,1-4H3,(H2,30,31,36). The summed E-state index contributed by atoms with van der Waals surface area (Å²) in [6.07, 6.45) is 4.92. The Hall–Kier alpha value is -4.27. The van der Waals surface area contributed by atoms with Crippen LogP contribution in [0.1, 0.15) is 50.9 Å². The normalized spacial score (nSPS) is 11.1. The Balaban J connectivity index is 1.78.